The summed E-state index contributed by atoms with van der Waals surface area (Å²) in [5, 5.41) is 25.7. The summed E-state index contributed by atoms with van der Waals surface area (Å²) in [5.74, 6) is -0.948. The largest absolute Gasteiger partial charge is 0.755 e. The average molecular weight is 408 g/mol. The van der Waals surface area contributed by atoms with Crippen LogP contribution in [0.5, 0.6) is 5.75 Å². The number of nitrogens with zero attached hydrogens (tertiary/aromatic N) is 2. The average Bonchev–Trinajstić information content (AvgIpc) is 2.61. The van der Waals surface area contributed by atoms with Crippen LogP contribution in [0.2, 0.25) is 5.02 Å². The number of aromatic hydroxyl groups is 1. The lowest BCUT2D eigenvalue weighted by Crippen LogP contribution is -2.25. The van der Waals surface area contributed by atoms with E-state index in [0.29, 0.717) is 11.3 Å². The van der Waals surface area contributed by atoms with E-state index in [2.05, 4.69) is 0 Å². The van der Waals surface area contributed by atoms with E-state index in [1.807, 2.05) is 12.1 Å². The number of carboxylic acids is 1. The van der Waals surface area contributed by atoms with Gasteiger partial charge in [-0.3, -0.25) is 13.3 Å². The second-order valence-corrected chi connectivity index (χ2v) is 6.35. The molecule has 1 atom stereocenters. The maximum atomic E-state index is 11.4. The summed E-state index contributed by atoms with van der Waals surface area (Å²) in [6.45, 7) is 1.17. The fourth-order valence-electron chi connectivity index (χ4n) is 1.90. The van der Waals surface area contributed by atoms with Crippen molar-refractivity contribution in [2.75, 3.05) is 10.8 Å². The Morgan fingerprint density at radius 2 is 2.04 bits per heavy atom. The number of phenols is 1. The highest BCUT2D eigenvalue weighted by Crippen LogP contribution is 2.28. The molecule has 0 saturated heterocycles. The zero-order valence-electron chi connectivity index (χ0n) is 14.2. The van der Waals surface area contributed by atoms with Gasteiger partial charge in [0.05, 0.1) is 22.3 Å². The Bertz CT molecular complexity index is 892. The Labute approximate surface area is 164 Å². The third-order valence-electron chi connectivity index (χ3n) is 3.00. The van der Waals surface area contributed by atoms with Crippen LogP contribution in [-0.4, -0.2) is 31.5 Å². The monoisotopic (exact) mass is 407 g/mol. The molecule has 27 heavy (non-hydrogen) atoms. The van der Waals surface area contributed by atoms with Crippen molar-refractivity contribution >= 4 is 40.6 Å². The van der Waals surface area contributed by atoms with Crippen LogP contribution in [0.4, 0.5) is 5.69 Å². The lowest BCUT2D eigenvalue weighted by Gasteiger charge is -2.25. The number of benzene rings is 2. The molecule has 0 bridgehead atoms. The predicted octanol–water partition coefficient (Wildman–Crippen LogP) is 3.32. The SMILES string of the molecule is CC(=O)O.N#Cc1cccc(/C=C/CN(c2ccc(O)c(Cl)c2)S(=O)[O-])c1. The number of anilines is 1. The van der Waals surface area contributed by atoms with Gasteiger partial charge in [-0.05, 0) is 35.9 Å². The first-order valence-electron chi connectivity index (χ1n) is 7.46. The quantitative estimate of drug-likeness (QED) is 0.732. The van der Waals surface area contributed by atoms with Crippen LogP contribution in [0.1, 0.15) is 18.1 Å². The molecule has 0 amide bonds. The van der Waals surface area contributed by atoms with E-state index in [9.17, 15) is 13.9 Å². The van der Waals surface area contributed by atoms with Crippen LogP contribution in [0.25, 0.3) is 6.08 Å². The highest BCUT2D eigenvalue weighted by atomic mass is 35.5. The van der Waals surface area contributed by atoms with E-state index in [0.717, 1.165) is 16.8 Å². The molecule has 1 unspecified atom stereocenters. The van der Waals surface area contributed by atoms with Crippen molar-refractivity contribution in [3.8, 4) is 11.8 Å². The Morgan fingerprint density at radius 3 is 2.59 bits per heavy atom. The van der Waals surface area contributed by atoms with Crippen molar-refractivity contribution in [3.63, 3.8) is 0 Å². The summed E-state index contributed by atoms with van der Waals surface area (Å²) >= 11 is 3.31. The van der Waals surface area contributed by atoms with Crippen molar-refractivity contribution in [1.29, 1.82) is 5.26 Å². The summed E-state index contributed by atoms with van der Waals surface area (Å²) < 4.78 is 23.9. The first kappa shape index (κ1) is 22.2. The first-order chi connectivity index (χ1) is 12.7. The number of hydrogen-bond donors (Lipinski definition) is 2. The Morgan fingerprint density at radius 1 is 1.37 bits per heavy atom. The minimum atomic E-state index is -2.49. The van der Waals surface area contributed by atoms with Crippen LogP contribution in [0.3, 0.4) is 0 Å². The van der Waals surface area contributed by atoms with Gasteiger partial charge in [0.25, 0.3) is 5.97 Å². The standard InChI is InChI=1S/C16H13ClN2O3S.C2H4O2/c17-15-10-14(6-7-16(15)20)19(23(21)22)8-2-5-12-3-1-4-13(9-12)11-18;1-2(3)4/h1-7,9-10,20H,8H2,(H,21,22);1H3,(H,3,4)/p-1/b5-2+;. The van der Waals surface area contributed by atoms with Crippen molar-refractivity contribution in [2.45, 2.75) is 6.92 Å². The van der Waals surface area contributed by atoms with Crippen LogP contribution in [0, 0.1) is 11.3 Å². The van der Waals surface area contributed by atoms with Crippen LogP contribution >= 0.6 is 11.6 Å². The molecular weight excluding hydrogens is 392 g/mol. The van der Waals surface area contributed by atoms with E-state index in [1.54, 1.807) is 30.4 Å². The lowest BCUT2D eigenvalue weighted by atomic mass is 10.1. The van der Waals surface area contributed by atoms with Gasteiger partial charge in [-0.15, -0.1) is 0 Å². The fourth-order valence-corrected chi connectivity index (χ4v) is 2.57. The van der Waals surface area contributed by atoms with Gasteiger partial charge in [0.15, 0.2) is 0 Å². The molecule has 2 aromatic carbocycles. The first-order valence-corrected chi connectivity index (χ1v) is 8.87. The van der Waals surface area contributed by atoms with E-state index in [1.165, 1.54) is 18.2 Å². The highest BCUT2D eigenvalue weighted by Gasteiger charge is 2.08. The molecule has 2 rings (SSSR count). The molecule has 0 spiro atoms. The highest BCUT2D eigenvalue weighted by molar-refractivity contribution is 7.80. The van der Waals surface area contributed by atoms with Gasteiger partial charge in [-0.25, -0.2) is 0 Å². The number of rotatable bonds is 5. The van der Waals surface area contributed by atoms with E-state index in [-0.39, 0.29) is 17.3 Å². The molecule has 0 radical (unpaired) electrons. The third-order valence-corrected chi connectivity index (χ3v) is 4.02. The van der Waals surface area contributed by atoms with Gasteiger partial charge in [0, 0.05) is 24.7 Å². The summed E-state index contributed by atoms with van der Waals surface area (Å²) in [6, 6.07) is 13.2. The number of halogens is 1. The molecule has 0 aliphatic carbocycles. The van der Waals surface area contributed by atoms with Gasteiger partial charge in [0.2, 0.25) is 0 Å². The number of hydrogen-bond acceptors (Lipinski definition) is 5. The van der Waals surface area contributed by atoms with Crippen molar-refractivity contribution in [2.24, 2.45) is 0 Å². The molecule has 0 aliphatic rings. The van der Waals surface area contributed by atoms with E-state index in [4.69, 9.17) is 26.8 Å². The molecule has 142 valence electrons. The number of carboxylic acid groups (broad SMARTS) is 1. The smallest absolute Gasteiger partial charge is 0.300 e. The van der Waals surface area contributed by atoms with Crippen LogP contribution < -0.4 is 4.31 Å². The molecule has 0 heterocycles. The normalized spacial score (nSPS) is 11.2. The zero-order valence-corrected chi connectivity index (χ0v) is 15.8. The van der Waals surface area contributed by atoms with Crippen molar-refractivity contribution in [1.82, 2.24) is 0 Å². The van der Waals surface area contributed by atoms with Gasteiger partial charge < -0.3 is 14.8 Å². The Kier molecular flexibility index (Phi) is 9.02. The molecule has 0 saturated carbocycles. The molecule has 2 N–H and O–H groups in total. The van der Waals surface area contributed by atoms with Gasteiger partial charge in [-0.1, -0.05) is 35.9 Å². The third kappa shape index (κ3) is 7.92. The summed E-state index contributed by atoms with van der Waals surface area (Å²) in [5.41, 5.74) is 1.67. The van der Waals surface area contributed by atoms with Gasteiger partial charge >= 0.3 is 0 Å². The van der Waals surface area contributed by atoms with Crippen LogP contribution in [-0.2, 0) is 16.1 Å². The summed E-state index contributed by atoms with van der Waals surface area (Å²) in [4.78, 5) is 9.00. The van der Waals surface area contributed by atoms with E-state index >= 15 is 0 Å². The number of phenolic OH excluding ortho intramolecular Hbond substituents is 1. The molecule has 0 fully saturated rings. The number of nitriles is 1. The minimum Gasteiger partial charge on any atom is -0.755 e. The number of aliphatic carboxylic acids is 1. The minimum absolute atomic E-state index is 0.0728. The topological polar surface area (TPSA) is 125 Å². The lowest BCUT2D eigenvalue weighted by molar-refractivity contribution is -0.134. The van der Waals surface area contributed by atoms with E-state index < -0.39 is 17.2 Å². The van der Waals surface area contributed by atoms with Crippen molar-refractivity contribution < 1.29 is 23.8 Å². The number of carbonyl (C=O) groups is 1. The van der Waals surface area contributed by atoms with Gasteiger partial charge in [0.1, 0.15) is 5.75 Å². The molecule has 0 aromatic heterocycles. The van der Waals surface area contributed by atoms with Crippen molar-refractivity contribution in [3.05, 3.63) is 64.7 Å². The fraction of sp³-hybridized carbons (Fsp3) is 0.111. The molecule has 0 aliphatic heterocycles. The molecule has 7 nitrogen and oxygen atoms in total. The summed E-state index contributed by atoms with van der Waals surface area (Å²) in [6.07, 6.45) is 3.38. The zero-order chi connectivity index (χ0) is 20.4. The Balaban J connectivity index is 0.000000828. The molecule has 9 heteroatoms. The second kappa shape index (κ2) is 11.0. The summed E-state index contributed by atoms with van der Waals surface area (Å²) in [7, 11) is 0. The Hall–Kier alpha value is -2.86. The second-order valence-electron chi connectivity index (χ2n) is 5.07. The van der Waals surface area contributed by atoms with Gasteiger partial charge in [-0.2, -0.15) is 5.26 Å². The maximum Gasteiger partial charge on any atom is 0.300 e. The predicted molar refractivity (Wildman–Crippen MR) is 103 cm³/mol. The molecular formula is C18H16ClN2O5S-. The molecule has 2 aromatic rings. The maximum absolute atomic E-state index is 11.4. The van der Waals surface area contributed by atoms with Crippen LogP contribution in [0.15, 0.2) is 48.5 Å².